The third-order valence-electron chi connectivity index (χ3n) is 6.78. The van der Waals surface area contributed by atoms with Crippen LogP contribution in [0.25, 0.3) is 22.3 Å². The van der Waals surface area contributed by atoms with Crippen molar-refractivity contribution in [2.24, 2.45) is 11.8 Å². The predicted octanol–water partition coefficient (Wildman–Crippen LogP) is -0.802. The van der Waals surface area contributed by atoms with Crippen molar-refractivity contribution in [1.29, 1.82) is 0 Å². The van der Waals surface area contributed by atoms with E-state index in [0.29, 0.717) is 17.8 Å². The van der Waals surface area contributed by atoms with Gasteiger partial charge in [0.2, 0.25) is 0 Å². The van der Waals surface area contributed by atoms with Crippen molar-refractivity contribution in [3.05, 3.63) is 119 Å². The molecule has 0 spiro atoms. The van der Waals surface area contributed by atoms with E-state index in [0.717, 1.165) is 0 Å². The van der Waals surface area contributed by atoms with Gasteiger partial charge in [0.25, 0.3) is 0 Å². The van der Waals surface area contributed by atoms with Gasteiger partial charge in [-0.05, 0) is 49.8 Å². The number of hydrogen-bond donors (Lipinski definition) is 0. The van der Waals surface area contributed by atoms with Crippen LogP contribution in [0.4, 0.5) is 0 Å². The molecule has 3 aliphatic carbocycles. The van der Waals surface area contributed by atoms with Crippen LogP contribution in [0, 0.1) is 11.8 Å². The van der Waals surface area contributed by atoms with Crippen LogP contribution in [0.15, 0.2) is 97.1 Å². The van der Waals surface area contributed by atoms with E-state index in [1.807, 2.05) is 0 Å². The fourth-order valence-corrected chi connectivity index (χ4v) is 5.67. The van der Waals surface area contributed by atoms with Gasteiger partial charge >= 0.3 is 0 Å². The maximum absolute atomic E-state index is 2.44. The summed E-state index contributed by atoms with van der Waals surface area (Å²) in [5, 5.41) is 2.85. The molecular weight excluding hydrogens is 586 g/mol. The van der Waals surface area contributed by atoms with Crippen LogP contribution in [0.1, 0.15) is 24.0 Å². The number of hydrogen-bond acceptors (Lipinski definition) is 0. The average Bonchev–Trinajstić information content (AvgIpc) is 3.27. The van der Waals surface area contributed by atoms with Gasteiger partial charge in [-0.3, -0.25) is 0 Å². The molecule has 154 valence electrons. The Hall–Kier alpha value is -1.67. The van der Waals surface area contributed by atoms with E-state index in [-0.39, 0.29) is 50.7 Å². The largest absolute Gasteiger partial charge is 1.00 e. The predicted molar refractivity (Wildman–Crippen MR) is 117 cm³/mol. The van der Waals surface area contributed by atoms with Crippen molar-refractivity contribution in [3.8, 4) is 11.1 Å². The standard InChI is InChI=1S/C28H22.2ClH.Hf/c1-18(27-23-14-6-2-10-19(23)20-11-3-7-15-24(20)27)28-25-16-8-4-12-21(25)22-13-5-9-17-26(22)28;;;/h2-18,23,28H,1H3;2*1H;/p-2. The number of halogens is 2. The third-order valence-corrected chi connectivity index (χ3v) is 6.78. The fraction of sp³-hybridized carbons (Fsp3) is 0.143. The van der Waals surface area contributed by atoms with Crippen molar-refractivity contribution >= 4 is 11.1 Å². The second kappa shape index (κ2) is 9.45. The van der Waals surface area contributed by atoms with E-state index in [2.05, 4.69) is 104 Å². The Morgan fingerprint density at radius 1 is 0.677 bits per heavy atom. The van der Waals surface area contributed by atoms with Gasteiger partial charge in [-0.1, -0.05) is 104 Å². The molecular formula is C28H22Cl2Hf-2. The van der Waals surface area contributed by atoms with Gasteiger partial charge in [-0.25, -0.2) is 0 Å². The molecule has 6 rings (SSSR count). The van der Waals surface area contributed by atoms with Gasteiger partial charge in [0, 0.05) is 37.7 Å². The second-order valence-corrected chi connectivity index (χ2v) is 8.12. The van der Waals surface area contributed by atoms with Crippen molar-refractivity contribution in [3.63, 3.8) is 0 Å². The first-order valence-corrected chi connectivity index (χ1v) is 10.2. The molecule has 0 bridgehead atoms. The van der Waals surface area contributed by atoms with Crippen LogP contribution in [0.5, 0.6) is 0 Å². The summed E-state index contributed by atoms with van der Waals surface area (Å²) in [7, 11) is 0. The maximum Gasteiger partial charge on any atom is 0.0249 e. The van der Waals surface area contributed by atoms with E-state index >= 15 is 0 Å². The number of allylic oxidation sites excluding steroid dienone is 4. The molecule has 0 radical (unpaired) electrons. The normalized spacial score (nSPS) is 18.0. The van der Waals surface area contributed by atoms with Gasteiger partial charge in [-0.2, -0.15) is 0 Å². The minimum atomic E-state index is 0. The molecule has 0 saturated heterocycles. The van der Waals surface area contributed by atoms with Gasteiger partial charge in [0.15, 0.2) is 0 Å². The van der Waals surface area contributed by atoms with Crippen molar-refractivity contribution < 1.29 is 50.7 Å². The fourth-order valence-electron chi connectivity index (χ4n) is 5.67. The topological polar surface area (TPSA) is 0 Å². The summed E-state index contributed by atoms with van der Waals surface area (Å²) in [6, 6.07) is 26.9. The van der Waals surface area contributed by atoms with E-state index in [9.17, 15) is 0 Å². The minimum absolute atomic E-state index is 0. The molecule has 0 aliphatic heterocycles. The quantitative estimate of drug-likeness (QED) is 0.335. The van der Waals surface area contributed by atoms with E-state index in [1.54, 1.807) is 5.57 Å². The van der Waals surface area contributed by atoms with Crippen molar-refractivity contribution in [2.75, 3.05) is 0 Å². The Labute approximate surface area is 215 Å². The Morgan fingerprint density at radius 3 is 1.87 bits per heavy atom. The number of rotatable bonds is 2. The zero-order chi connectivity index (χ0) is 18.7. The molecule has 3 aromatic carbocycles. The molecule has 0 heterocycles. The molecule has 0 saturated carbocycles. The second-order valence-electron chi connectivity index (χ2n) is 8.12. The molecule has 0 N–H and O–H groups in total. The van der Waals surface area contributed by atoms with E-state index in [1.165, 1.54) is 38.3 Å². The van der Waals surface area contributed by atoms with Crippen molar-refractivity contribution in [1.82, 2.24) is 0 Å². The molecule has 3 heteroatoms. The SMILES string of the molecule is CC(C1=c2ccccc2=C2C=CC=CC21)C1c2ccccc2-c2ccccc21.[Cl-].[Cl-].[Hf]. The van der Waals surface area contributed by atoms with Crippen LogP contribution < -0.4 is 35.3 Å². The zero-order valence-electron chi connectivity index (χ0n) is 17.2. The Bertz CT molecular complexity index is 1260. The van der Waals surface area contributed by atoms with Crippen molar-refractivity contribution in [2.45, 2.75) is 12.8 Å². The molecule has 2 atom stereocenters. The summed E-state index contributed by atoms with van der Waals surface area (Å²) < 4.78 is 0. The van der Waals surface area contributed by atoms with Gasteiger partial charge in [0.1, 0.15) is 0 Å². The van der Waals surface area contributed by atoms with Gasteiger partial charge in [0.05, 0.1) is 0 Å². The van der Waals surface area contributed by atoms with Gasteiger partial charge in [-0.15, -0.1) is 0 Å². The molecule has 0 fully saturated rings. The molecule has 3 aromatic rings. The summed E-state index contributed by atoms with van der Waals surface area (Å²) in [5.41, 5.74) is 8.80. The molecule has 31 heavy (non-hydrogen) atoms. The molecule has 0 amide bonds. The smallest absolute Gasteiger partial charge is 0.0249 e. The van der Waals surface area contributed by atoms with Crippen LogP contribution >= 0.6 is 0 Å². The zero-order valence-corrected chi connectivity index (χ0v) is 22.3. The molecule has 0 aromatic heterocycles. The molecule has 3 aliphatic rings. The average molecular weight is 608 g/mol. The van der Waals surface area contributed by atoms with Gasteiger partial charge < -0.3 is 24.8 Å². The van der Waals surface area contributed by atoms with Crippen LogP contribution in [0.2, 0.25) is 0 Å². The number of benzene rings is 3. The summed E-state index contributed by atoms with van der Waals surface area (Å²) in [5.74, 6) is 1.25. The van der Waals surface area contributed by atoms with E-state index < -0.39 is 0 Å². The third kappa shape index (κ3) is 3.55. The van der Waals surface area contributed by atoms with Crippen LogP contribution in [-0.4, -0.2) is 0 Å². The van der Waals surface area contributed by atoms with Crippen LogP contribution in [-0.2, 0) is 25.8 Å². The summed E-state index contributed by atoms with van der Waals surface area (Å²) in [6.45, 7) is 2.44. The maximum atomic E-state index is 2.44. The summed E-state index contributed by atoms with van der Waals surface area (Å²) >= 11 is 0. The van der Waals surface area contributed by atoms with Crippen LogP contribution in [0.3, 0.4) is 0 Å². The minimum Gasteiger partial charge on any atom is -1.00 e. The first kappa shape index (κ1) is 24.0. The first-order valence-electron chi connectivity index (χ1n) is 10.2. The summed E-state index contributed by atoms with van der Waals surface area (Å²) in [4.78, 5) is 0. The number of fused-ring (bicyclic) bond motifs is 5. The molecule has 0 nitrogen and oxygen atoms in total. The monoisotopic (exact) mass is 608 g/mol. The first-order chi connectivity index (χ1) is 13.8. The Morgan fingerprint density at radius 2 is 1.23 bits per heavy atom. The Kier molecular flexibility index (Phi) is 7.31. The van der Waals surface area contributed by atoms with E-state index in [4.69, 9.17) is 0 Å². The Balaban J connectivity index is 0.000000907. The summed E-state index contributed by atoms with van der Waals surface area (Å²) in [6.07, 6.45) is 9.08. The molecule has 2 unspecified atom stereocenters.